The Kier molecular flexibility index (Phi) is 5.39. The predicted octanol–water partition coefficient (Wildman–Crippen LogP) is 3.09. The highest BCUT2D eigenvalue weighted by Crippen LogP contribution is 2.19. The van der Waals surface area contributed by atoms with Crippen LogP contribution in [-0.2, 0) is 6.54 Å². The third kappa shape index (κ3) is 4.07. The first-order valence-corrected chi connectivity index (χ1v) is 10.0. The van der Waals surface area contributed by atoms with E-state index in [2.05, 4.69) is 21.9 Å². The Balaban J connectivity index is 1.24. The molecule has 1 aliphatic heterocycles. The molecule has 0 aliphatic carbocycles. The van der Waals surface area contributed by atoms with Gasteiger partial charge < -0.3 is 15.1 Å². The molecule has 0 amide bonds. The summed E-state index contributed by atoms with van der Waals surface area (Å²) in [4.78, 5) is 17.0. The van der Waals surface area contributed by atoms with Crippen LogP contribution in [0.2, 0.25) is 0 Å². The number of piperazine rings is 1. The van der Waals surface area contributed by atoms with E-state index in [0.29, 0.717) is 12.1 Å². The molecule has 2 heterocycles. The zero-order valence-corrected chi connectivity index (χ0v) is 16.4. The highest BCUT2D eigenvalue weighted by Gasteiger charge is 2.17. The molecule has 1 fully saturated rings. The topological polar surface area (TPSA) is 67.6 Å². The maximum Gasteiger partial charge on any atom is 0.419 e. The molecule has 0 unspecified atom stereocenters. The minimum atomic E-state index is -0.252. The average Bonchev–Trinajstić information content (AvgIpc) is 3.00. The van der Waals surface area contributed by atoms with Crippen LogP contribution in [0.25, 0.3) is 11.1 Å². The van der Waals surface area contributed by atoms with Gasteiger partial charge in [-0.15, -0.1) is 0 Å². The SMILES string of the molecule is Cc1ccc2c(c1)oc(=O)n2CCCCN1CCN(c2ccc(N)cc2)CC1. The molecule has 6 heteroatoms. The van der Waals surface area contributed by atoms with Gasteiger partial charge in [0.05, 0.1) is 5.52 Å². The summed E-state index contributed by atoms with van der Waals surface area (Å²) in [6.07, 6.45) is 2.05. The number of oxazole rings is 1. The molecule has 0 radical (unpaired) electrons. The van der Waals surface area contributed by atoms with E-state index >= 15 is 0 Å². The minimum absolute atomic E-state index is 0.252. The molecule has 4 rings (SSSR count). The lowest BCUT2D eigenvalue weighted by molar-refractivity contribution is 0.251. The maximum atomic E-state index is 12.1. The fourth-order valence-corrected chi connectivity index (χ4v) is 3.91. The molecule has 28 heavy (non-hydrogen) atoms. The van der Waals surface area contributed by atoms with Gasteiger partial charge in [-0.25, -0.2) is 4.79 Å². The van der Waals surface area contributed by atoms with Crippen molar-refractivity contribution in [3.63, 3.8) is 0 Å². The lowest BCUT2D eigenvalue weighted by atomic mass is 10.2. The summed E-state index contributed by atoms with van der Waals surface area (Å²) < 4.78 is 7.13. The van der Waals surface area contributed by atoms with Crippen LogP contribution in [0.15, 0.2) is 51.7 Å². The smallest absolute Gasteiger partial charge is 0.408 e. The van der Waals surface area contributed by atoms with Crippen molar-refractivity contribution < 1.29 is 4.42 Å². The Morgan fingerprint density at radius 1 is 0.964 bits per heavy atom. The quantitative estimate of drug-likeness (QED) is 0.526. The Morgan fingerprint density at radius 3 is 2.43 bits per heavy atom. The molecule has 1 aromatic heterocycles. The normalized spacial score (nSPS) is 15.4. The molecule has 3 aromatic rings. The average molecular weight is 380 g/mol. The number of benzene rings is 2. The van der Waals surface area contributed by atoms with E-state index in [1.165, 1.54) is 5.69 Å². The van der Waals surface area contributed by atoms with Gasteiger partial charge in [-0.1, -0.05) is 6.07 Å². The van der Waals surface area contributed by atoms with E-state index in [1.807, 2.05) is 37.3 Å². The van der Waals surface area contributed by atoms with Crippen LogP contribution >= 0.6 is 0 Å². The van der Waals surface area contributed by atoms with Crippen LogP contribution < -0.4 is 16.4 Å². The van der Waals surface area contributed by atoms with E-state index in [1.54, 1.807) is 4.57 Å². The summed E-state index contributed by atoms with van der Waals surface area (Å²) >= 11 is 0. The van der Waals surface area contributed by atoms with Gasteiger partial charge in [0.2, 0.25) is 0 Å². The number of aromatic nitrogens is 1. The van der Waals surface area contributed by atoms with Crippen molar-refractivity contribution in [2.75, 3.05) is 43.4 Å². The van der Waals surface area contributed by atoms with Crippen molar-refractivity contribution in [3.8, 4) is 0 Å². The summed E-state index contributed by atoms with van der Waals surface area (Å²) in [6, 6.07) is 14.0. The van der Waals surface area contributed by atoms with Gasteiger partial charge in [-0.05, 0) is 68.3 Å². The number of fused-ring (bicyclic) bond motifs is 1. The highest BCUT2D eigenvalue weighted by molar-refractivity contribution is 5.73. The Labute approximate surface area is 165 Å². The highest BCUT2D eigenvalue weighted by atomic mass is 16.4. The number of rotatable bonds is 6. The number of nitrogen functional groups attached to an aromatic ring is 1. The van der Waals surface area contributed by atoms with Crippen molar-refractivity contribution in [2.24, 2.45) is 0 Å². The molecule has 2 aromatic carbocycles. The first-order valence-electron chi connectivity index (χ1n) is 10.0. The molecule has 0 atom stereocenters. The first-order chi connectivity index (χ1) is 13.6. The minimum Gasteiger partial charge on any atom is -0.408 e. The van der Waals surface area contributed by atoms with Crippen LogP contribution in [0.5, 0.6) is 0 Å². The molecule has 0 bridgehead atoms. The number of aryl methyl sites for hydroxylation is 2. The predicted molar refractivity (Wildman–Crippen MR) is 114 cm³/mol. The number of anilines is 2. The number of hydrogen-bond acceptors (Lipinski definition) is 5. The molecule has 1 saturated heterocycles. The van der Waals surface area contributed by atoms with Crippen LogP contribution in [0.3, 0.4) is 0 Å². The van der Waals surface area contributed by atoms with Gasteiger partial charge in [-0.3, -0.25) is 9.47 Å². The molecule has 148 valence electrons. The number of nitrogens with two attached hydrogens (primary N) is 1. The largest absolute Gasteiger partial charge is 0.419 e. The van der Waals surface area contributed by atoms with Crippen LogP contribution in [0.1, 0.15) is 18.4 Å². The van der Waals surface area contributed by atoms with Crippen LogP contribution in [-0.4, -0.2) is 42.2 Å². The maximum absolute atomic E-state index is 12.1. The summed E-state index contributed by atoms with van der Waals surface area (Å²) in [6.45, 7) is 7.99. The lowest BCUT2D eigenvalue weighted by Gasteiger charge is -2.36. The fraction of sp³-hybridized carbons (Fsp3) is 0.409. The van der Waals surface area contributed by atoms with Crippen molar-refractivity contribution >= 4 is 22.5 Å². The Hall–Kier alpha value is -2.73. The molecule has 0 spiro atoms. The van der Waals surface area contributed by atoms with Gasteiger partial charge in [0.1, 0.15) is 0 Å². The van der Waals surface area contributed by atoms with Gasteiger partial charge in [0.25, 0.3) is 0 Å². The molecular formula is C22H28N4O2. The Morgan fingerprint density at radius 2 is 1.68 bits per heavy atom. The summed E-state index contributed by atoms with van der Waals surface area (Å²) in [5, 5.41) is 0. The molecule has 1 aliphatic rings. The standard InChI is InChI=1S/C22H28N4O2/c1-17-4-9-20-21(16-17)28-22(27)26(20)11-3-2-10-24-12-14-25(15-13-24)19-7-5-18(23)6-8-19/h4-9,16H,2-3,10-15,23H2,1H3. The zero-order chi connectivity index (χ0) is 19.5. The van der Waals surface area contributed by atoms with Crippen molar-refractivity contribution in [1.82, 2.24) is 9.47 Å². The van der Waals surface area contributed by atoms with E-state index in [4.69, 9.17) is 10.2 Å². The third-order valence-corrected chi connectivity index (χ3v) is 5.56. The van der Waals surface area contributed by atoms with Crippen LogP contribution in [0.4, 0.5) is 11.4 Å². The van der Waals surface area contributed by atoms with E-state index in [0.717, 1.165) is 62.3 Å². The lowest BCUT2D eigenvalue weighted by Crippen LogP contribution is -2.46. The van der Waals surface area contributed by atoms with E-state index in [-0.39, 0.29) is 5.76 Å². The third-order valence-electron chi connectivity index (χ3n) is 5.56. The van der Waals surface area contributed by atoms with Gasteiger partial charge in [0, 0.05) is 44.1 Å². The summed E-state index contributed by atoms with van der Waals surface area (Å²) in [5.74, 6) is -0.252. The van der Waals surface area contributed by atoms with Gasteiger partial charge in [0.15, 0.2) is 5.58 Å². The van der Waals surface area contributed by atoms with Crippen LogP contribution in [0, 0.1) is 6.92 Å². The number of nitrogens with zero attached hydrogens (tertiary/aromatic N) is 3. The van der Waals surface area contributed by atoms with Gasteiger partial charge >= 0.3 is 5.76 Å². The van der Waals surface area contributed by atoms with E-state index < -0.39 is 0 Å². The summed E-state index contributed by atoms with van der Waals surface area (Å²) in [7, 11) is 0. The molecular weight excluding hydrogens is 352 g/mol. The number of hydrogen-bond donors (Lipinski definition) is 1. The van der Waals surface area contributed by atoms with E-state index in [9.17, 15) is 4.79 Å². The van der Waals surface area contributed by atoms with Crippen molar-refractivity contribution in [3.05, 3.63) is 58.6 Å². The van der Waals surface area contributed by atoms with Crippen molar-refractivity contribution in [2.45, 2.75) is 26.3 Å². The Bertz CT molecular complexity index is 982. The fourth-order valence-electron chi connectivity index (χ4n) is 3.91. The monoisotopic (exact) mass is 380 g/mol. The number of unbranched alkanes of at least 4 members (excludes halogenated alkanes) is 1. The zero-order valence-electron chi connectivity index (χ0n) is 16.4. The second-order valence-electron chi connectivity index (χ2n) is 7.62. The second-order valence-corrected chi connectivity index (χ2v) is 7.62. The van der Waals surface area contributed by atoms with Gasteiger partial charge in [-0.2, -0.15) is 0 Å². The molecule has 0 saturated carbocycles. The molecule has 6 nitrogen and oxygen atoms in total. The van der Waals surface area contributed by atoms with Crippen molar-refractivity contribution in [1.29, 1.82) is 0 Å². The first kappa shape index (κ1) is 18.6. The summed E-state index contributed by atoms with van der Waals surface area (Å²) in [5.41, 5.74) is 10.5. The molecule has 2 N–H and O–H groups in total. The second kappa shape index (κ2) is 8.10.